The molecular weight excluding hydrogens is 222 g/mol. The van der Waals surface area contributed by atoms with Crippen molar-refractivity contribution in [2.24, 2.45) is 5.92 Å². The number of halogens is 1. The molecule has 0 spiro atoms. The SMILES string of the molecule is Cc1nc(Cl)cc(NC(C)CCC(C)C)n1. The summed E-state index contributed by atoms with van der Waals surface area (Å²) in [5, 5.41) is 3.84. The minimum Gasteiger partial charge on any atom is -0.367 e. The maximum Gasteiger partial charge on any atom is 0.134 e. The lowest BCUT2D eigenvalue weighted by Gasteiger charge is -2.15. The minimum atomic E-state index is 0.410. The van der Waals surface area contributed by atoms with Crippen LogP contribution in [0.4, 0.5) is 5.82 Å². The highest BCUT2D eigenvalue weighted by molar-refractivity contribution is 6.29. The van der Waals surface area contributed by atoms with E-state index in [1.54, 1.807) is 6.07 Å². The van der Waals surface area contributed by atoms with Crippen LogP contribution in [0.1, 0.15) is 39.4 Å². The lowest BCUT2D eigenvalue weighted by molar-refractivity contribution is 0.527. The quantitative estimate of drug-likeness (QED) is 0.800. The number of nitrogens with zero attached hydrogens (tertiary/aromatic N) is 2. The predicted octanol–water partition coefficient (Wildman–Crippen LogP) is 3.68. The number of nitrogens with one attached hydrogen (secondary N) is 1. The van der Waals surface area contributed by atoms with Crippen LogP contribution in [0.2, 0.25) is 5.15 Å². The Kier molecular flexibility index (Phi) is 5.00. The van der Waals surface area contributed by atoms with Crippen molar-refractivity contribution in [3.63, 3.8) is 0 Å². The van der Waals surface area contributed by atoms with Gasteiger partial charge in [0.1, 0.15) is 16.8 Å². The Balaban J connectivity index is 2.52. The van der Waals surface area contributed by atoms with Crippen LogP contribution in [0.25, 0.3) is 0 Å². The van der Waals surface area contributed by atoms with E-state index < -0.39 is 0 Å². The molecule has 1 N–H and O–H groups in total. The minimum absolute atomic E-state index is 0.410. The van der Waals surface area contributed by atoms with E-state index in [1.165, 1.54) is 6.42 Å². The molecule has 0 saturated heterocycles. The molecule has 1 atom stereocenters. The summed E-state index contributed by atoms with van der Waals surface area (Å²) in [6, 6.07) is 2.17. The zero-order valence-electron chi connectivity index (χ0n) is 10.4. The molecule has 1 aromatic rings. The van der Waals surface area contributed by atoms with Gasteiger partial charge in [-0.2, -0.15) is 0 Å². The fourth-order valence-corrected chi connectivity index (χ4v) is 1.74. The van der Waals surface area contributed by atoms with Crippen molar-refractivity contribution in [2.75, 3.05) is 5.32 Å². The third-order valence-electron chi connectivity index (χ3n) is 2.38. The van der Waals surface area contributed by atoms with Crippen LogP contribution < -0.4 is 5.32 Å². The maximum atomic E-state index is 5.87. The highest BCUT2D eigenvalue weighted by Crippen LogP contribution is 2.14. The van der Waals surface area contributed by atoms with E-state index in [4.69, 9.17) is 11.6 Å². The van der Waals surface area contributed by atoms with Gasteiger partial charge in [-0.25, -0.2) is 9.97 Å². The van der Waals surface area contributed by atoms with Crippen molar-refractivity contribution in [1.29, 1.82) is 0 Å². The molecule has 0 aliphatic carbocycles. The molecule has 0 fully saturated rings. The molecule has 90 valence electrons. The van der Waals surface area contributed by atoms with Crippen molar-refractivity contribution in [3.8, 4) is 0 Å². The fraction of sp³-hybridized carbons (Fsp3) is 0.667. The summed E-state index contributed by atoms with van der Waals surface area (Å²) >= 11 is 5.87. The number of aryl methyl sites for hydroxylation is 1. The van der Waals surface area contributed by atoms with Gasteiger partial charge in [0, 0.05) is 12.1 Å². The largest absolute Gasteiger partial charge is 0.367 e. The molecule has 0 saturated carbocycles. The number of hydrogen-bond acceptors (Lipinski definition) is 3. The highest BCUT2D eigenvalue weighted by Gasteiger charge is 2.06. The first kappa shape index (κ1) is 13.2. The summed E-state index contributed by atoms with van der Waals surface area (Å²) in [6.07, 6.45) is 2.35. The first-order valence-corrected chi connectivity index (χ1v) is 6.13. The monoisotopic (exact) mass is 241 g/mol. The van der Waals surface area contributed by atoms with E-state index in [-0.39, 0.29) is 0 Å². The third kappa shape index (κ3) is 4.79. The highest BCUT2D eigenvalue weighted by atomic mass is 35.5. The second kappa shape index (κ2) is 6.04. The third-order valence-corrected chi connectivity index (χ3v) is 2.57. The standard InChI is InChI=1S/C12H20ClN3/c1-8(2)5-6-9(3)14-12-7-11(13)15-10(4)16-12/h7-9H,5-6H2,1-4H3,(H,14,15,16). The normalized spacial score (nSPS) is 12.9. The summed E-state index contributed by atoms with van der Waals surface area (Å²) in [5.74, 6) is 2.25. The van der Waals surface area contributed by atoms with Crippen LogP contribution in [-0.4, -0.2) is 16.0 Å². The second-order valence-electron chi connectivity index (χ2n) is 4.64. The molecule has 4 heteroatoms. The Bertz CT molecular complexity index is 319. The molecule has 16 heavy (non-hydrogen) atoms. The van der Waals surface area contributed by atoms with Gasteiger partial charge in [0.2, 0.25) is 0 Å². The van der Waals surface area contributed by atoms with Crippen molar-refractivity contribution in [2.45, 2.75) is 46.6 Å². The lowest BCUT2D eigenvalue weighted by Crippen LogP contribution is -2.17. The molecule has 1 heterocycles. The molecule has 1 rings (SSSR count). The van der Waals surface area contributed by atoms with Gasteiger partial charge in [-0.15, -0.1) is 0 Å². The Morgan fingerprint density at radius 2 is 1.94 bits per heavy atom. The van der Waals surface area contributed by atoms with Crippen LogP contribution in [0.5, 0.6) is 0 Å². The zero-order chi connectivity index (χ0) is 12.1. The predicted molar refractivity (Wildman–Crippen MR) is 68.9 cm³/mol. The molecule has 0 aliphatic heterocycles. The van der Waals surface area contributed by atoms with Crippen molar-refractivity contribution in [3.05, 3.63) is 17.0 Å². The number of rotatable bonds is 5. The molecule has 0 aromatic carbocycles. The van der Waals surface area contributed by atoms with Gasteiger partial charge in [0.25, 0.3) is 0 Å². The van der Waals surface area contributed by atoms with Gasteiger partial charge in [-0.3, -0.25) is 0 Å². The van der Waals surface area contributed by atoms with Gasteiger partial charge in [-0.1, -0.05) is 25.4 Å². The molecular formula is C12H20ClN3. The van der Waals surface area contributed by atoms with Crippen LogP contribution in [-0.2, 0) is 0 Å². The zero-order valence-corrected chi connectivity index (χ0v) is 11.2. The van der Waals surface area contributed by atoms with Crippen molar-refractivity contribution in [1.82, 2.24) is 9.97 Å². The van der Waals surface area contributed by atoms with Gasteiger partial charge in [-0.05, 0) is 32.6 Å². The Morgan fingerprint density at radius 3 is 2.50 bits per heavy atom. The lowest BCUT2D eigenvalue weighted by atomic mass is 10.0. The van der Waals surface area contributed by atoms with E-state index in [0.717, 1.165) is 18.2 Å². The maximum absolute atomic E-state index is 5.87. The summed E-state index contributed by atoms with van der Waals surface area (Å²) in [6.45, 7) is 8.47. The number of aromatic nitrogens is 2. The van der Waals surface area contributed by atoms with Crippen LogP contribution in [0.3, 0.4) is 0 Å². The van der Waals surface area contributed by atoms with Crippen LogP contribution in [0.15, 0.2) is 6.07 Å². The smallest absolute Gasteiger partial charge is 0.134 e. The average molecular weight is 242 g/mol. The van der Waals surface area contributed by atoms with E-state index in [1.807, 2.05) is 6.92 Å². The van der Waals surface area contributed by atoms with Crippen LogP contribution in [0, 0.1) is 12.8 Å². The number of hydrogen-bond donors (Lipinski definition) is 1. The Morgan fingerprint density at radius 1 is 1.25 bits per heavy atom. The summed E-state index contributed by atoms with van der Waals surface area (Å²) in [5.41, 5.74) is 0. The van der Waals surface area contributed by atoms with E-state index in [0.29, 0.717) is 17.0 Å². The molecule has 3 nitrogen and oxygen atoms in total. The first-order chi connectivity index (χ1) is 7.47. The Labute approximate surface area is 103 Å². The molecule has 1 aromatic heterocycles. The first-order valence-electron chi connectivity index (χ1n) is 5.75. The molecule has 0 amide bonds. The summed E-state index contributed by atoms with van der Waals surface area (Å²) in [4.78, 5) is 8.32. The molecule has 0 radical (unpaired) electrons. The topological polar surface area (TPSA) is 37.8 Å². The van der Waals surface area contributed by atoms with Crippen LogP contribution >= 0.6 is 11.6 Å². The Hall–Kier alpha value is -0.830. The van der Waals surface area contributed by atoms with Gasteiger partial charge in [0.15, 0.2) is 0 Å². The number of anilines is 1. The molecule has 0 bridgehead atoms. The fourth-order valence-electron chi connectivity index (χ4n) is 1.51. The van der Waals surface area contributed by atoms with E-state index in [2.05, 4.69) is 36.1 Å². The van der Waals surface area contributed by atoms with Crippen molar-refractivity contribution < 1.29 is 0 Å². The van der Waals surface area contributed by atoms with Crippen molar-refractivity contribution >= 4 is 17.4 Å². The van der Waals surface area contributed by atoms with E-state index >= 15 is 0 Å². The average Bonchev–Trinajstić information content (AvgIpc) is 2.12. The van der Waals surface area contributed by atoms with Gasteiger partial charge < -0.3 is 5.32 Å². The van der Waals surface area contributed by atoms with E-state index in [9.17, 15) is 0 Å². The molecule has 1 unspecified atom stereocenters. The summed E-state index contributed by atoms with van der Waals surface area (Å²) in [7, 11) is 0. The second-order valence-corrected chi connectivity index (χ2v) is 5.03. The van der Waals surface area contributed by atoms with Gasteiger partial charge in [0.05, 0.1) is 0 Å². The summed E-state index contributed by atoms with van der Waals surface area (Å²) < 4.78 is 0. The van der Waals surface area contributed by atoms with Gasteiger partial charge >= 0.3 is 0 Å². The molecule has 0 aliphatic rings.